The standard InChI is InChI=1S/C27H29N3O4/c1-33-24-7-5-6-22(18-24)29-26(31)19-34-23-11-9-21(10-12-23)27(32)30-17-4-2-3-8-25(30)20-13-15-28-16-14-20/h5-7,9-16,18,25H,2-4,8,17,19H2,1H3,(H,29,31). The predicted octanol–water partition coefficient (Wildman–Crippen LogP) is 4.87. The van der Waals surface area contributed by atoms with Gasteiger partial charge in [0, 0.05) is 36.3 Å². The lowest BCUT2D eigenvalue weighted by Crippen LogP contribution is -2.34. The van der Waals surface area contributed by atoms with Crippen LogP contribution in [0.25, 0.3) is 0 Å². The molecule has 1 aliphatic heterocycles. The molecular weight excluding hydrogens is 430 g/mol. The summed E-state index contributed by atoms with van der Waals surface area (Å²) in [5, 5.41) is 2.78. The van der Waals surface area contributed by atoms with Crippen molar-refractivity contribution in [3.63, 3.8) is 0 Å². The Bertz CT molecular complexity index is 1100. The second-order valence-electron chi connectivity index (χ2n) is 8.24. The van der Waals surface area contributed by atoms with Crippen molar-refractivity contribution in [1.29, 1.82) is 0 Å². The average Bonchev–Trinajstić information content (AvgIpc) is 3.14. The van der Waals surface area contributed by atoms with Crippen molar-refractivity contribution in [3.05, 3.63) is 84.2 Å². The minimum absolute atomic E-state index is 0.00558. The molecule has 1 atom stereocenters. The third-order valence-corrected chi connectivity index (χ3v) is 5.93. The monoisotopic (exact) mass is 459 g/mol. The molecule has 3 aromatic rings. The zero-order valence-electron chi connectivity index (χ0n) is 19.3. The molecule has 0 spiro atoms. The van der Waals surface area contributed by atoms with E-state index in [1.165, 1.54) is 0 Å². The van der Waals surface area contributed by atoms with Gasteiger partial charge in [-0.1, -0.05) is 18.9 Å². The van der Waals surface area contributed by atoms with Gasteiger partial charge >= 0.3 is 0 Å². The summed E-state index contributed by atoms with van der Waals surface area (Å²) in [5.41, 5.74) is 2.36. The number of amides is 2. The fourth-order valence-electron chi connectivity index (χ4n) is 4.19. The van der Waals surface area contributed by atoms with E-state index in [4.69, 9.17) is 9.47 Å². The van der Waals surface area contributed by atoms with E-state index in [9.17, 15) is 9.59 Å². The first-order valence-electron chi connectivity index (χ1n) is 11.5. The van der Waals surface area contributed by atoms with Crippen molar-refractivity contribution in [1.82, 2.24) is 9.88 Å². The Hall–Kier alpha value is -3.87. The molecule has 1 aromatic heterocycles. The van der Waals surface area contributed by atoms with Crippen LogP contribution in [-0.2, 0) is 4.79 Å². The molecule has 0 radical (unpaired) electrons. The number of ether oxygens (including phenoxy) is 2. The van der Waals surface area contributed by atoms with Gasteiger partial charge in [-0.25, -0.2) is 0 Å². The lowest BCUT2D eigenvalue weighted by Gasteiger charge is -2.30. The number of anilines is 1. The van der Waals surface area contributed by atoms with E-state index >= 15 is 0 Å². The van der Waals surface area contributed by atoms with Gasteiger partial charge in [0.1, 0.15) is 11.5 Å². The van der Waals surface area contributed by atoms with Gasteiger partial charge in [0.15, 0.2) is 6.61 Å². The number of likely N-dealkylation sites (tertiary alicyclic amines) is 1. The predicted molar refractivity (Wildman–Crippen MR) is 130 cm³/mol. The van der Waals surface area contributed by atoms with Crippen molar-refractivity contribution >= 4 is 17.5 Å². The number of rotatable bonds is 7. The fourth-order valence-corrected chi connectivity index (χ4v) is 4.19. The normalized spacial score (nSPS) is 15.8. The van der Waals surface area contributed by atoms with Crippen LogP contribution in [-0.4, -0.2) is 42.0 Å². The molecule has 2 aromatic carbocycles. The highest BCUT2D eigenvalue weighted by Gasteiger charge is 2.27. The number of nitrogens with zero attached hydrogens (tertiary/aromatic N) is 2. The van der Waals surface area contributed by atoms with Crippen molar-refractivity contribution in [2.45, 2.75) is 31.7 Å². The lowest BCUT2D eigenvalue weighted by molar-refractivity contribution is -0.118. The second-order valence-corrected chi connectivity index (χ2v) is 8.24. The molecule has 1 saturated heterocycles. The van der Waals surface area contributed by atoms with Crippen LogP contribution >= 0.6 is 0 Å². The number of aromatic nitrogens is 1. The maximum atomic E-state index is 13.4. The van der Waals surface area contributed by atoms with Crippen LogP contribution in [0, 0.1) is 0 Å². The highest BCUT2D eigenvalue weighted by Crippen LogP contribution is 2.31. The minimum atomic E-state index is -0.279. The number of hydrogen-bond donors (Lipinski definition) is 1. The molecule has 7 nitrogen and oxygen atoms in total. The molecule has 0 aliphatic carbocycles. The first kappa shape index (κ1) is 23.3. The molecule has 1 N–H and O–H groups in total. The molecule has 2 amide bonds. The molecule has 4 rings (SSSR count). The number of methoxy groups -OCH3 is 1. The van der Waals surface area contributed by atoms with Crippen LogP contribution in [0.1, 0.15) is 47.6 Å². The lowest BCUT2D eigenvalue weighted by atomic mass is 10.0. The molecule has 1 fully saturated rings. The average molecular weight is 460 g/mol. The van der Waals surface area contributed by atoms with Crippen molar-refractivity contribution in [2.75, 3.05) is 25.6 Å². The number of benzene rings is 2. The molecule has 34 heavy (non-hydrogen) atoms. The number of hydrogen-bond acceptors (Lipinski definition) is 5. The highest BCUT2D eigenvalue weighted by molar-refractivity contribution is 5.95. The smallest absolute Gasteiger partial charge is 0.262 e. The zero-order valence-corrected chi connectivity index (χ0v) is 19.3. The van der Waals surface area contributed by atoms with Crippen LogP contribution in [0.2, 0.25) is 0 Å². The summed E-state index contributed by atoms with van der Waals surface area (Å²) in [6, 6.07) is 18.1. The van der Waals surface area contributed by atoms with Crippen LogP contribution < -0.4 is 14.8 Å². The van der Waals surface area contributed by atoms with E-state index in [2.05, 4.69) is 10.3 Å². The van der Waals surface area contributed by atoms with Crippen LogP contribution in [0.15, 0.2) is 73.1 Å². The van der Waals surface area contributed by atoms with Gasteiger partial charge < -0.3 is 19.7 Å². The Morgan fingerprint density at radius 2 is 1.79 bits per heavy atom. The Labute approximate surface area is 199 Å². The van der Waals surface area contributed by atoms with Gasteiger partial charge in [0.05, 0.1) is 13.2 Å². The third kappa shape index (κ3) is 5.92. The van der Waals surface area contributed by atoms with Crippen LogP contribution in [0.5, 0.6) is 11.5 Å². The molecule has 2 heterocycles. The third-order valence-electron chi connectivity index (χ3n) is 5.93. The van der Waals surface area contributed by atoms with E-state index in [0.717, 1.165) is 37.8 Å². The quantitative estimate of drug-likeness (QED) is 0.545. The molecule has 1 aliphatic rings. The van der Waals surface area contributed by atoms with Gasteiger partial charge in [0.2, 0.25) is 0 Å². The molecular formula is C27H29N3O4. The molecule has 176 valence electrons. The van der Waals surface area contributed by atoms with E-state index in [1.807, 2.05) is 17.0 Å². The molecule has 1 unspecified atom stereocenters. The number of nitrogens with one attached hydrogen (secondary N) is 1. The summed E-state index contributed by atoms with van der Waals surface area (Å²) < 4.78 is 10.8. The van der Waals surface area contributed by atoms with Crippen LogP contribution in [0.3, 0.4) is 0 Å². The van der Waals surface area contributed by atoms with Gasteiger partial charge in [0.25, 0.3) is 11.8 Å². The second kappa shape index (κ2) is 11.3. The highest BCUT2D eigenvalue weighted by atomic mass is 16.5. The summed E-state index contributed by atoms with van der Waals surface area (Å²) in [6.07, 6.45) is 7.71. The van der Waals surface area contributed by atoms with E-state index in [-0.39, 0.29) is 24.5 Å². The first-order valence-corrected chi connectivity index (χ1v) is 11.5. The zero-order chi connectivity index (χ0) is 23.8. The van der Waals surface area contributed by atoms with Gasteiger partial charge in [-0.2, -0.15) is 0 Å². The maximum absolute atomic E-state index is 13.4. The summed E-state index contributed by atoms with van der Waals surface area (Å²) >= 11 is 0. The number of carbonyl (C=O) groups is 2. The summed E-state index contributed by atoms with van der Waals surface area (Å²) in [6.45, 7) is 0.593. The number of pyridine rings is 1. The largest absolute Gasteiger partial charge is 0.497 e. The van der Waals surface area contributed by atoms with Gasteiger partial charge in [-0.05, 0) is 66.9 Å². The Morgan fingerprint density at radius 3 is 2.56 bits per heavy atom. The SMILES string of the molecule is COc1cccc(NC(=O)COc2ccc(C(=O)N3CCCCCC3c3ccncc3)cc2)c1. The van der Waals surface area contributed by atoms with E-state index < -0.39 is 0 Å². The van der Waals surface area contributed by atoms with Gasteiger partial charge in [-0.15, -0.1) is 0 Å². The van der Waals surface area contributed by atoms with E-state index in [0.29, 0.717) is 22.7 Å². The Balaban J connectivity index is 1.37. The molecule has 7 heteroatoms. The topological polar surface area (TPSA) is 80.8 Å². The molecule has 0 saturated carbocycles. The van der Waals surface area contributed by atoms with Gasteiger partial charge in [-0.3, -0.25) is 14.6 Å². The summed E-state index contributed by atoms with van der Waals surface area (Å²) in [5.74, 6) is 0.914. The van der Waals surface area contributed by atoms with Crippen LogP contribution in [0.4, 0.5) is 5.69 Å². The van der Waals surface area contributed by atoms with Crippen molar-refractivity contribution in [3.8, 4) is 11.5 Å². The summed E-state index contributed by atoms with van der Waals surface area (Å²) in [7, 11) is 1.57. The fraction of sp³-hybridized carbons (Fsp3) is 0.296. The Morgan fingerprint density at radius 1 is 1.00 bits per heavy atom. The first-order chi connectivity index (χ1) is 16.6. The molecule has 0 bridgehead atoms. The van der Waals surface area contributed by atoms with E-state index in [1.54, 1.807) is 68.0 Å². The maximum Gasteiger partial charge on any atom is 0.262 e. The minimum Gasteiger partial charge on any atom is -0.497 e. The Kier molecular flexibility index (Phi) is 7.75. The number of carbonyl (C=O) groups excluding carboxylic acids is 2. The van der Waals surface area contributed by atoms with Crippen molar-refractivity contribution < 1.29 is 19.1 Å². The van der Waals surface area contributed by atoms with Crippen molar-refractivity contribution in [2.24, 2.45) is 0 Å². The summed E-state index contributed by atoms with van der Waals surface area (Å²) in [4.78, 5) is 31.7.